The summed E-state index contributed by atoms with van der Waals surface area (Å²) in [5, 5.41) is 2.89. The van der Waals surface area contributed by atoms with Crippen LogP contribution in [0.3, 0.4) is 0 Å². The molecule has 2 heterocycles. The largest absolute Gasteiger partial charge is 0.444 e. The van der Waals surface area contributed by atoms with Crippen LogP contribution >= 0.6 is 0 Å². The first-order valence-corrected chi connectivity index (χ1v) is 8.04. The highest BCUT2D eigenvalue weighted by Gasteiger charge is 2.54. The number of ether oxygens (including phenoxy) is 1. The quantitative estimate of drug-likeness (QED) is 0.926. The molecule has 0 aromatic carbocycles. The number of rotatable bonds is 3. The van der Waals surface area contributed by atoms with E-state index >= 15 is 0 Å². The minimum Gasteiger partial charge on any atom is -0.444 e. The molecule has 1 aliphatic carbocycles. The predicted molar refractivity (Wildman–Crippen MR) is 84.9 cm³/mol. The summed E-state index contributed by atoms with van der Waals surface area (Å²) >= 11 is 0. The lowest BCUT2D eigenvalue weighted by molar-refractivity contribution is 0.0192. The molecule has 124 valence electrons. The van der Waals surface area contributed by atoms with Crippen molar-refractivity contribution in [3.05, 3.63) is 30.1 Å². The number of fused-ring (bicyclic) bond motifs is 1. The standard InChI is InChI=1S/C17H23N3O3/c1-17(2,3)23-16(22)20-10-11-8-12(11)14(20)9-19-15(21)13-6-4-5-7-18-13/h4-7,11-12,14H,8-10H2,1-3H3,(H,19,21)/t11-,12-,14-/m1/s1. The number of nitrogens with one attached hydrogen (secondary N) is 1. The lowest BCUT2D eigenvalue weighted by Crippen LogP contribution is -2.47. The molecule has 2 amide bonds. The molecule has 3 atom stereocenters. The zero-order valence-electron chi connectivity index (χ0n) is 13.8. The summed E-state index contributed by atoms with van der Waals surface area (Å²) in [6.07, 6.45) is 2.43. The summed E-state index contributed by atoms with van der Waals surface area (Å²) in [7, 11) is 0. The van der Waals surface area contributed by atoms with Crippen molar-refractivity contribution in [1.82, 2.24) is 15.2 Å². The van der Waals surface area contributed by atoms with Gasteiger partial charge in [-0.15, -0.1) is 0 Å². The Morgan fingerprint density at radius 3 is 2.83 bits per heavy atom. The Balaban J connectivity index is 1.59. The lowest BCUT2D eigenvalue weighted by atomic mass is 10.2. The highest BCUT2D eigenvalue weighted by atomic mass is 16.6. The minimum atomic E-state index is -0.508. The van der Waals surface area contributed by atoms with Gasteiger partial charge in [0.2, 0.25) is 0 Å². The average molecular weight is 317 g/mol. The Kier molecular flexibility index (Phi) is 4.00. The molecule has 0 bridgehead atoms. The highest BCUT2D eigenvalue weighted by Crippen LogP contribution is 2.49. The third kappa shape index (κ3) is 3.63. The fourth-order valence-electron chi connectivity index (χ4n) is 3.15. The van der Waals surface area contributed by atoms with E-state index in [2.05, 4.69) is 10.3 Å². The Morgan fingerprint density at radius 1 is 1.39 bits per heavy atom. The van der Waals surface area contributed by atoms with Crippen molar-refractivity contribution >= 4 is 12.0 Å². The molecule has 1 saturated heterocycles. The number of carbonyl (C=O) groups is 2. The maximum absolute atomic E-state index is 12.3. The number of pyridine rings is 1. The summed E-state index contributed by atoms with van der Waals surface area (Å²) in [6.45, 7) is 6.75. The van der Waals surface area contributed by atoms with Crippen molar-refractivity contribution in [2.24, 2.45) is 11.8 Å². The van der Waals surface area contributed by atoms with Gasteiger partial charge in [0.1, 0.15) is 11.3 Å². The van der Waals surface area contributed by atoms with Crippen molar-refractivity contribution < 1.29 is 14.3 Å². The van der Waals surface area contributed by atoms with Crippen LogP contribution in [-0.2, 0) is 4.74 Å². The molecule has 3 rings (SSSR count). The van der Waals surface area contributed by atoms with Crippen molar-refractivity contribution in [2.75, 3.05) is 13.1 Å². The minimum absolute atomic E-state index is 0.0162. The molecule has 1 aliphatic heterocycles. The van der Waals surface area contributed by atoms with Gasteiger partial charge in [-0.2, -0.15) is 0 Å². The van der Waals surface area contributed by atoms with Crippen LogP contribution in [0.1, 0.15) is 37.7 Å². The van der Waals surface area contributed by atoms with Crippen LogP contribution in [0.25, 0.3) is 0 Å². The van der Waals surface area contributed by atoms with E-state index < -0.39 is 5.60 Å². The summed E-state index contributed by atoms with van der Waals surface area (Å²) in [4.78, 5) is 30.3. The third-order valence-corrected chi connectivity index (χ3v) is 4.30. The van der Waals surface area contributed by atoms with Gasteiger partial charge in [-0.25, -0.2) is 4.79 Å². The van der Waals surface area contributed by atoms with Crippen LogP contribution in [0.15, 0.2) is 24.4 Å². The van der Waals surface area contributed by atoms with Gasteiger partial charge in [0.05, 0.1) is 6.04 Å². The van der Waals surface area contributed by atoms with E-state index in [1.165, 1.54) is 0 Å². The summed E-state index contributed by atoms with van der Waals surface area (Å²) in [5.41, 5.74) is -0.118. The monoisotopic (exact) mass is 317 g/mol. The van der Waals surface area contributed by atoms with E-state index in [9.17, 15) is 9.59 Å². The van der Waals surface area contributed by atoms with Crippen LogP contribution in [0.2, 0.25) is 0 Å². The van der Waals surface area contributed by atoms with Crippen molar-refractivity contribution in [1.29, 1.82) is 0 Å². The molecule has 1 aromatic rings. The van der Waals surface area contributed by atoms with Crippen molar-refractivity contribution in [3.63, 3.8) is 0 Å². The Bertz CT molecular complexity index is 597. The third-order valence-electron chi connectivity index (χ3n) is 4.30. The van der Waals surface area contributed by atoms with Gasteiger partial charge in [-0.3, -0.25) is 9.78 Å². The lowest BCUT2D eigenvalue weighted by Gasteiger charge is -2.30. The molecule has 0 radical (unpaired) electrons. The van der Waals surface area contributed by atoms with Crippen LogP contribution in [0.4, 0.5) is 4.79 Å². The maximum Gasteiger partial charge on any atom is 0.410 e. The van der Waals surface area contributed by atoms with Crippen molar-refractivity contribution in [2.45, 2.75) is 38.8 Å². The molecule has 0 spiro atoms. The van der Waals surface area contributed by atoms with Crippen LogP contribution in [0, 0.1) is 11.8 Å². The number of likely N-dealkylation sites (tertiary alicyclic amines) is 1. The van der Waals surface area contributed by atoms with Gasteiger partial charge in [-0.1, -0.05) is 6.07 Å². The number of amides is 2. The highest BCUT2D eigenvalue weighted by molar-refractivity contribution is 5.92. The first-order chi connectivity index (χ1) is 10.8. The number of piperidine rings is 1. The van der Waals surface area contributed by atoms with Gasteiger partial charge in [0.15, 0.2) is 0 Å². The number of nitrogens with zero attached hydrogens (tertiary/aromatic N) is 2. The first-order valence-electron chi connectivity index (χ1n) is 8.04. The molecular weight excluding hydrogens is 294 g/mol. The van der Waals surface area contributed by atoms with Crippen LogP contribution in [-0.4, -0.2) is 46.6 Å². The fraction of sp³-hybridized carbons (Fsp3) is 0.588. The summed E-state index contributed by atoms with van der Waals surface area (Å²) in [6, 6.07) is 5.24. The zero-order valence-corrected chi connectivity index (χ0v) is 13.8. The Hall–Kier alpha value is -2.11. The van der Waals surface area contributed by atoms with Gasteiger partial charge in [0.25, 0.3) is 5.91 Å². The molecule has 0 unspecified atom stereocenters. The van der Waals surface area contributed by atoms with E-state index in [1.54, 1.807) is 29.3 Å². The van der Waals surface area contributed by atoms with E-state index in [0.717, 1.165) is 13.0 Å². The van der Waals surface area contributed by atoms with Crippen LogP contribution in [0.5, 0.6) is 0 Å². The second kappa shape index (κ2) is 5.83. The van der Waals surface area contributed by atoms with Gasteiger partial charge in [-0.05, 0) is 51.2 Å². The average Bonchev–Trinajstić information content (AvgIpc) is 3.17. The van der Waals surface area contributed by atoms with Gasteiger partial charge >= 0.3 is 6.09 Å². The molecule has 2 aliphatic rings. The molecule has 6 nitrogen and oxygen atoms in total. The number of hydrogen-bond acceptors (Lipinski definition) is 4. The molecule has 23 heavy (non-hydrogen) atoms. The smallest absolute Gasteiger partial charge is 0.410 e. The Labute approximate surface area is 136 Å². The molecule has 1 saturated carbocycles. The molecule has 1 N–H and O–H groups in total. The van der Waals surface area contributed by atoms with Crippen LogP contribution < -0.4 is 5.32 Å². The number of hydrogen-bond donors (Lipinski definition) is 1. The predicted octanol–water partition coefficient (Wildman–Crippen LogP) is 2.07. The summed E-state index contributed by atoms with van der Waals surface area (Å²) in [5.74, 6) is 0.824. The van der Waals surface area contributed by atoms with E-state index in [-0.39, 0.29) is 18.0 Å². The SMILES string of the molecule is CC(C)(C)OC(=O)N1C[C@H]2C[C@H]2[C@H]1CNC(=O)c1ccccn1. The van der Waals surface area contributed by atoms with E-state index in [1.807, 2.05) is 20.8 Å². The topological polar surface area (TPSA) is 71.5 Å². The van der Waals surface area contributed by atoms with Gasteiger partial charge < -0.3 is 15.0 Å². The number of aromatic nitrogens is 1. The number of carbonyl (C=O) groups excluding carboxylic acids is 2. The second-order valence-corrected chi connectivity index (χ2v) is 7.28. The molecule has 6 heteroatoms. The Morgan fingerprint density at radius 2 is 2.17 bits per heavy atom. The zero-order chi connectivity index (χ0) is 16.6. The fourth-order valence-corrected chi connectivity index (χ4v) is 3.15. The normalized spacial score (nSPS) is 25.7. The van der Waals surface area contributed by atoms with Crippen molar-refractivity contribution in [3.8, 4) is 0 Å². The van der Waals surface area contributed by atoms with E-state index in [0.29, 0.717) is 24.1 Å². The summed E-state index contributed by atoms with van der Waals surface area (Å²) < 4.78 is 5.47. The second-order valence-electron chi connectivity index (χ2n) is 7.28. The first kappa shape index (κ1) is 15.8. The molecule has 1 aromatic heterocycles. The molecule has 2 fully saturated rings. The van der Waals surface area contributed by atoms with Gasteiger partial charge in [0, 0.05) is 19.3 Å². The molecular formula is C17H23N3O3. The maximum atomic E-state index is 12.3. The van der Waals surface area contributed by atoms with E-state index in [4.69, 9.17) is 4.74 Å².